The van der Waals surface area contributed by atoms with E-state index in [9.17, 15) is 4.79 Å². The molecule has 2 aromatic rings. The second kappa shape index (κ2) is 9.49. The van der Waals surface area contributed by atoms with Crippen LogP contribution in [0.1, 0.15) is 12.5 Å². The molecule has 1 aliphatic rings. The molecule has 0 bridgehead atoms. The number of hydrogen-bond acceptors (Lipinski definition) is 6. The monoisotopic (exact) mass is 443 g/mol. The predicted octanol–water partition coefficient (Wildman–Crippen LogP) is 4.33. The van der Waals surface area contributed by atoms with Crippen LogP contribution >= 0.6 is 34.8 Å². The first-order chi connectivity index (χ1) is 13.5. The Balaban J connectivity index is 1.64. The lowest BCUT2D eigenvalue weighted by molar-refractivity contribution is 0.105. The highest BCUT2D eigenvalue weighted by atomic mass is 35.5. The van der Waals surface area contributed by atoms with Gasteiger partial charge < -0.3 is 19.9 Å². The second-order valence-electron chi connectivity index (χ2n) is 6.14. The summed E-state index contributed by atoms with van der Waals surface area (Å²) >= 11 is 18.3. The van der Waals surface area contributed by atoms with Crippen molar-refractivity contribution in [3.8, 4) is 0 Å². The third kappa shape index (κ3) is 5.31. The Morgan fingerprint density at radius 1 is 1.14 bits per heavy atom. The van der Waals surface area contributed by atoms with Gasteiger partial charge in [0.05, 0.1) is 6.61 Å². The van der Waals surface area contributed by atoms with Crippen molar-refractivity contribution in [1.29, 1.82) is 0 Å². The smallest absolute Gasteiger partial charge is 0.409 e. The minimum Gasteiger partial charge on any atom is -0.450 e. The van der Waals surface area contributed by atoms with Crippen LogP contribution in [0.25, 0.3) is 0 Å². The van der Waals surface area contributed by atoms with Gasteiger partial charge in [0.2, 0.25) is 5.95 Å². The number of anilines is 2. The highest BCUT2D eigenvalue weighted by Crippen LogP contribution is 2.23. The molecule has 2 heterocycles. The summed E-state index contributed by atoms with van der Waals surface area (Å²) in [5, 5.41) is 4.71. The maximum Gasteiger partial charge on any atom is 0.409 e. The number of carbonyl (C=O) groups excluding carboxylic acids is 1. The van der Waals surface area contributed by atoms with Crippen LogP contribution in [0.4, 0.5) is 16.6 Å². The minimum absolute atomic E-state index is 0.295. The molecule has 1 aromatic heterocycles. The van der Waals surface area contributed by atoms with E-state index in [1.54, 1.807) is 30.0 Å². The highest BCUT2D eigenvalue weighted by Gasteiger charge is 2.23. The molecule has 0 atom stereocenters. The van der Waals surface area contributed by atoms with Gasteiger partial charge in [-0.05, 0) is 24.6 Å². The van der Waals surface area contributed by atoms with Crippen molar-refractivity contribution in [3.05, 3.63) is 45.0 Å². The number of benzene rings is 1. The average molecular weight is 445 g/mol. The Bertz CT molecular complexity index is 844. The first-order valence-corrected chi connectivity index (χ1v) is 9.98. The van der Waals surface area contributed by atoms with E-state index in [0.717, 1.165) is 5.56 Å². The van der Waals surface area contributed by atoms with Crippen LogP contribution in [0.3, 0.4) is 0 Å². The number of hydrogen-bond donors (Lipinski definition) is 1. The molecule has 0 unspecified atom stereocenters. The fourth-order valence-electron chi connectivity index (χ4n) is 2.79. The zero-order valence-electron chi connectivity index (χ0n) is 15.3. The molecule has 1 amide bonds. The third-order valence-electron chi connectivity index (χ3n) is 4.25. The largest absolute Gasteiger partial charge is 0.450 e. The normalized spacial score (nSPS) is 14.1. The van der Waals surface area contributed by atoms with E-state index in [0.29, 0.717) is 66.3 Å². The van der Waals surface area contributed by atoms with Crippen LogP contribution in [-0.4, -0.2) is 53.7 Å². The van der Waals surface area contributed by atoms with Crippen LogP contribution in [0.15, 0.2) is 24.3 Å². The number of nitrogens with one attached hydrogen (secondary N) is 1. The summed E-state index contributed by atoms with van der Waals surface area (Å²) in [6, 6.07) is 6.99. The molecule has 1 fully saturated rings. The lowest BCUT2D eigenvalue weighted by atomic mass is 10.2. The Hall–Kier alpha value is -1.96. The van der Waals surface area contributed by atoms with Gasteiger partial charge >= 0.3 is 6.09 Å². The van der Waals surface area contributed by atoms with Gasteiger partial charge in [0, 0.05) is 48.8 Å². The number of ether oxygens (including phenoxy) is 1. The summed E-state index contributed by atoms with van der Waals surface area (Å²) in [7, 11) is 0. The molecule has 0 saturated carbocycles. The molecule has 0 aliphatic carbocycles. The van der Waals surface area contributed by atoms with Crippen LogP contribution in [0.2, 0.25) is 15.2 Å². The summed E-state index contributed by atoms with van der Waals surface area (Å²) in [5.41, 5.74) is 0.894. The molecule has 28 heavy (non-hydrogen) atoms. The summed E-state index contributed by atoms with van der Waals surface area (Å²) in [6.07, 6.45) is -0.295. The zero-order chi connectivity index (χ0) is 20.1. The van der Waals surface area contributed by atoms with Gasteiger partial charge in [0.1, 0.15) is 11.0 Å². The number of amides is 1. The molecule has 0 spiro atoms. The van der Waals surface area contributed by atoms with E-state index >= 15 is 0 Å². The lowest BCUT2D eigenvalue weighted by Crippen LogP contribution is -2.49. The SMILES string of the molecule is CCOC(=O)N1CCN(c2nc(Cl)cc(NCc3ccc(Cl)cc3Cl)n2)CC1. The van der Waals surface area contributed by atoms with Crippen molar-refractivity contribution >= 4 is 52.7 Å². The average Bonchev–Trinajstić information content (AvgIpc) is 2.67. The van der Waals surface area contributed by atoms with E-state index in [2.05, 4.69) is 15.3 Å². The quantitative estimate of drug-likeness (QED) is 0.692. The maximum atomic E-state index is 11.8. The predicted molar refractivity (Wildman–Crippen MR) is 112 cm³/mol. The van der Waals surface area contributed by atoms with Crippen molar-refractivity contribution in [2.45, 2.75) is 13.5 Å². The van der Waals surface area contributed by atoms with E-state index in [4.69, 9.17) is 39.5 Å². The van der Waals surface area contributed by atoms with Gasteiger partial charge in [0.25, 0.3) is 0 Å². The summed E-state index contributed by atoms with van der Waals surface area (Å²) in [6.45, 7) is 4.90. The van der Waals surface area contributed by atoms with Gasteiger partial charge in [-0.25, -0.2) is 9.78 Å². The summed E-state index contributed by atoms with van der Waals surface area (Å²) in [5.74, 6) is 1.11. The fourth-order valence-corrected chi connectivity index (χ4v) is 3.45. The highest BCUT2D eigenvalue weighted by molar-refractivity contribution is 6.35. The van der Waals surface area contributed by atoms with Crippen molar-refractivity contribution in [3.63, 3.8) is 0 Å². The Kier molecular flexibility index (Phi) is 7.04. The molecule has 0 radical (unpaired) electrons. The van der Waals surface area contributed by atoms with Crippen LogP contribution in [-0.2, 0) is 11.3 Å². The summed E-state index contributed by atoms with van der Waals surface area (Å²) in [4.78, 5) is 24.3. The van der Waals surface area contributed by atoms with Gasteiger partial charge in [-0.3, -0.25) is 0 Å². The Morgan fingerprint density at radius 3 is 2.57 bits per heavy atom. The first kappa shape index (κ1) is 20.8. The standard InChI is InChI=1S/C18H20Cl3N5O2/c1-2-28-18(27)26-7-5-25(6-8-26)17-23-15(21)10-16(24-17)22-11-12-3-4-13(19)9-14(12)20/h3-4,9-10H,2,5-8,11H2,1H3,(H,22,23,24). The number of carbonyl (C=O) groups is 1. The molecule has 1 aromatic carbocycles. The van der Waals surface area contributed by atoms with Crippen molar-refractivity contribution in [1.82, 2.24) is 14.9 Å². The molecule has 150 valence electrons. The number of nitrogens with zero attached hydrogens (tertiary/aromatic N) is 4. The molecular formula is C18H20Cl3N5O2. The molecule has 3 rings (SSSR count). The second-order valence-corrected chi connectivity index (χ2v) is 7.37. The van der Waals surface area contributed by atoms with Crippen molar-refractivity contribution < 1.29 is 9.53 Å². The van der Waals surface area contributed by atoms with E-state index in [-0.39, 0.29) is 6.09 Å². The van der Waals surface area contributed by atoms with Gasteiger partial charge in [-0.1, -0.05) is 40.9 Å². The zero-order valence-corrected chi connectivity index (χ0v) is 17.6. The van der Waals surface area contributed by atoms with Crippen molar-refractivity contribution in [2.75, 3.05) is 43.0 Å². The Morgan fingerprint density at radius 2 is 1.89 bits per heavy atom. The lowest BCUT2D eigenvalue weighted by Gasteiger charge is -2.34. The molecule has 1 aliphatic heterocycles. The minimum atomic E-state index is -0.295. The number of rotatable bonds is 5. The topological polar surface area (TPSA) is 70.6 Å². The van der Waals surface area contributed by atoms with Crippen LogP contribution < -0.4 is 10.2 Å². The van der Waals surface area contributed by atoms with Gasteiger partial charge in [-0.2, -0.15) is 4.98 Å². The van der Waals surface area contributed by atoms with Gasteiger partial charge in [-0.15, -0.1) is 0 Å². The fraction of sp³-hybridized carbons (Fsp3) is 0.389. The van der Waals surface area contributed by atoms with Crippen molar-refractivity contribution in [2.24, 2.45) is 0 Å². The van der Waals surface area contributed by atoms with E-state index in [1.807, 2.05) is 11.0 Å². The van der Waals surface area contributed by atoms with E-state index < -0.39 is 0 Å². The molecule has 10 heteroatoms. The number of piperazine rings is 1. The molecule has 1 saturated heterocycles. The maximum absolute atomic E-state index is 11.8. The van der Waals surface area contributed by atoms with Crippen LogP contribution in [0, 0.1) is 0 Å². The number of halogens is 3. The van der Waals surface area contributed by atoms with E-state index in [1.165, 1.54) is 0 Å². The van der Waals surface area contributed by atoms with Gasteiger partial charge in [0.15, 0.2) is 0 Å². The number of aromatic nitrogens is 2. The third-order valence-corrected chi connectivity index (χ3v) is 5.03. The molecular weight excluding hydrogens is 425 g/mol. The molecule has 1 N–H and O–H groups in total. The summed E-state index contributed by atoms with van der Waals surface area (Å²) < 4.78 is 5.04. The Labute approximate surface area is 178 Å². The van der Waals surface area contributed by atoms with Crippen LogP contribution in [0.5, 0.6) is 0 Å². The first-order valence-electron chi connectivity index (χ1n) is 8.85. The molecule has 7 nitrogen and oxygen atoms in total.